The third-order valence-electron chi connectivity index (χ3n) is 5.50. The zero-order chi connectivity index (χ0) is 25.1. The van der Waals surface area contributed by atoms with Crippen molar-refractivity contribution in [3.05, 3.63) is 23.3 Å². The second-order valence-electron chi connectivity index (χ2n) is 7.51. The Morgan fingerprint density at radius 2 is 1.15 bits per heavy atom. The summed E-state index contributed by atoms with van der Waals surface area (Å²) in [6.07, 6.45) is -9.06. The highest BCUT2D eigenvalue weighted by Gasteiger charge is 2.50. The van der Waals surface area contributed by atoms with Gasteiger partial charge in [0.1, 0.15) is 12.2 Å². The van der Waals surface area contributed by atoms with Crippen molar-refractivity contribution >= 4 is 11.9 Å². The summed E-state index contributed by atoms with van der Waals surface area (Å²) in [4.78, 5) is 26.0. The van der Waals surface area contributed by atoms with Crippen molar-refractivity contribution in [2.45, 2.75) is 30.7 Å². The predicted octanol–water partition coefficient (Wildman–Crippen LogP) is -1.28. The van der Waals surface area contributed by atoms with Crippen LogP contribution in [0.25, 0.3) is 11.1 Å². The molecule has 2 heterocycles. The molecule has 1 fully saturated rings. The third-order valence-corrected chi connectivity index (χ3v) is 5.50. The van der Waals surface area contributed by atoms with E-state index in [1.54, 1.807) is 0 Å². The first-order valence-corrected chi connectivity index (χ1v) is 9.58. The largest absolute Gasteiger partial charge is 0.504 e. The first-order chi connectivity index (χ1) is 16.0. The molecule has 14 nitrogen and oxygen atoms in total. The Kier molecular flexibility index (Phi) is 5.53. The van der Waals surface area contributed by atoms with Gasteiger partial charge in [-0.25, -0.2) is 9.59 Å². The lowest BCUT2D eigenvalue weighted by atomic mass is 9.91. The van der Waals surface area contributed by atoms with E-state index in [4.69, 9.17) is 14.2 Å². The Morgan fingerprint density at radius 3 is 1.59 bits per heavy atom. The van der Waals surface area contributed by atoms with Gasteiger partial charge in [-0.2, -0.15) is 0 Å². The molecule has 0 spiro atoms. The van der Waals surface area contributed by atoms with Crippen LogP contribution in [0.4, 0.5) is 0 Å². The predicted molar refractivity (Wildman–Crippen MR) is 104 cm³/mol. The van der Waals surface area contributed by atoms with Crippen LogP contribution in [-0.2, 0) is 14.2 Å². The summed E-state index contributed by atoms with van der Waals surface area (Å²) in [5, 5.41) is 90.9. The molecule has 0 saturated carbocycles. The van der Waals surface area contributed by atoms with E-state index in [9.17, 15) is 55.5 Å². The van der Waals surface area contributed by atoms with Crippen LogP contribution in [0.15, 0.2) is 12.1 Å². The van der Waals surface area contributed by atoms with Crippen molar-refractivity contribution in [3.63, 3.8) is 0 Å². The van der Waals surface area contributed by atoms with E-state index < -0.39 is 106 Å². The molecule has 0 aromatic heterocycles. The van der Waals surface area contributed by atoms with Crippen molar-refractivity contribution < 1.29 is 69.8 Å². The van der Waals surface area contributed by atoms with Gasteiger partial charge in [-0.1, -0.05) is 0 Å². The number of aromatic hydroxyl groups is 6. The van der Waals surface area contributed by atoms with E-state index >= 15 is 0 Å². The van der Waals surface area contributed by atoms with Gasteiger partial charge in [0, 0.05) is 11.1 Å². The van der Waals surface area contributed by atoms with E-state index in [2.05, 4.69) is 0 Å². The van der Waals surface area contributed by atoms with Crippen molar-refractivity contribution in [2.75, 3.05) is 6.61 Å². The van der Waals surface area contributed by atoms with E-state index in [1.807, 2.05) is 0 Å². The highest BCUT2D eigenvalue weighted by Crippen LogP contribution is 2.53. The number of hydrogen-bond acceptors (Lipinski definition) is 14. The van der Waals surface area contributed by atoms with Gasteiger partial charge >= 0.3 is 11.9 Å². The number of esters is 2. The molecule has 14 heteroatoms. The monoisotopic (exact) mass is 482 g/mol. The van der Waals surface area contributed by atoms with Gasteiger partial charge in [0.2, 0.25) is 11.5 Å². The highest BCUT2D eigenvalue weighted by atomic mass is 16.7. The van der Waals surface area contributed by atoms with Crippen LogP contribution in [0.2, 0.25) is 0 Å². The summed E-state index contributed by atoms with van der Waals surface area (Å²) < 4.78 is 15.3. The van der Waals surface area contributed by atoms with Crippen LogP contribution in [0.5, 0.6) is 34.5 Å². The molecule has 0 aliphatic carbocycles. The van der Waals surface area contributed by atoms with Gasteiger partial charge in [-0.15, -0.1) is 0 Å². The molecule has 2 aromatic rings. The first kappa shape index (κ1) is 23.2. The average Bonchev–Trinajstić information content (AvgIpc) is 2.79. The maximum atomic E-state index is 13.0. The topological polar surface area (TPSA) is 244 Å². The maximum absolute atomic E-state index is 13.0. The summed E-state index contributed by atoms with van der Waals surface area (Å²) in [6, 6.07) is 1.21. The Hall–Kier alpha value is -3.98. The van der Waals surface area contributed by atoms with Crippen LogP contribution in [0.1, 0.15) is 20.7 Å². The normalized spacial score (nSPS) is 26.5. The Labute approximate surface area is 188 Å². The molecular weight excluding hydrogens is 464 g/mol. The molecule has 5 atom stereocenters. The number of phenols is 6. The molecule has 0 radical (unpaired) electrons. The second-order valence-corrected chi connectivity index (χ2v) is 7.51. The molecule has 2 aromatic carbocycles. The number of aliphatic hydroxyl groups is 3. The van der Waals surface area contributed by atoms with Gasteiger partial charge in [-0.05, 0) is 12.1 Å². The molecule has 2 aliphatic heterocycles. The van der Waals surface area contributed by atoms with Crippen LogP contribution >= 0.6 is 0 Å². The summed E-state index contributed by atoms with van der Waals surface area (Å²) in [5.74, 6) is -9.67. The molecule has 0 amide bonds. The highest BCUT2D eigenvalue weighted by molar-refractivity contribution is 6.08. The van der Waals surface area contributed by atoms with Crippen LogP contribution < -0.4 is 0 Å². The molecular formula is C20H18O14. The molecule has 182 valence electrons. The summed E-state index contributed by atoms with van der Waals surface area (Å²) in [5.41, 5.74) is -3.15. The quantitative estimate of drug-likeness (QED) is 0.170. The Morgan fingerprint density at radius 1 is 0.706 bits per heavy atom. The number of fused-ring (bicyclic) bond motifs is 4. The van der Waals surface area contributed by atoms with Crippen molar-refractivity contribution in [1.82, 2.24) is 0 Å². The SMILES string of the molecule is O=C1O[C@@H]2[C@@H](OC(=O)c3cc(O)c(O)c(O)c3-c3c1cc(O)c(O)c3O)[C@@H](O)[C@H](CO)O[C@@H]2O. The molecule has 0 bridgehead atoms. The van der Waals surface area contributed by atoms with Gasteiger partial charge < -0.3 is 60.2 Å². The van der Waals surface area contributed by atoms with Crippen LogP contribution in [-0.4, -0.2) is 95.2 Å². The lowest BCUT2D eigenvalue weighted by Gasteiger charge is -2.41. The maximum Gasteiger partial charge on any atom is 0.339 e. The molecule has 1 saturated heterocycles. The fraction of sp³-hybridized carbons (Fsp3) is 0.300. The fourth-order valence-corrected chi connectivity index (χ4v) is 3.81. The fourth-order valence-electron chi connectivity index (χ4n) is 3.81. The minimum Gasteiger partial charge on any atom is -0.504 e. The Bertz CT molecular complexity index is 1190. The zero-order valence-electron chi connectivity index (χ0n) is 16.8. The minimum atomic E-state index is -2.02. The zero-order valence-corrected chi connectivity index (χ0v) is 16.8. The summed E-state index contributed by atoms with van der Waals surface area (Å²) in [6.45, 7) is -0.831. The number of aliphatic hydroxyl groups excluding tert-OH is 3. The standard InChI is InChI=1S/C20H18O14/c21-3-8-13(26)16-17(20(31)32-8)34-19(30)5-2-7(23)12(25)15(28)10(5)9-4(18(29)33-16)1-6(22)11(24)14(9)27/h1-2,8,13,16-17,20-28,31H,3H2/t8-,13-,16-,17+,20-/m0/s1. The van der Waals surface area contributed by atoms with Gasteiger partial charge in [0.25, 0.3) is 0 Å². The number of benzene rings is 2. The number of ether oxygens (including phenoxy) is 3. The van der Waals surface area contributed by atoms with Crippen LogP contribution in [0, 0.1) is 0 Å². The number of carbonyl (C=O) groups excluding carboxylic acids is 2. The number of phenolic OH excluding ortho intramolecular Hbond substituents is 6. The molecule has 0 unspecified atom stereocenters. The smallest absolute Gasteiger partial charge is 0.339 e. The molecule has 4 rings (SSSR count). The number of rotatable bonds is 1. The van der Waals surface area contributed by atoms with Crippen molar-refractivity contribution in [3.8, 4) is 45.6 Å². The number of carbonyl (C=O) groups is 2. The van der Waals surface area contributed by atoms with Gasteiger partial charge in [-0.3, -0.25) is 0 Å². The first-order valence-electron chi connectivity index (χ1n) is 9.58. The lowest BCUT2D eigenvalue weighted by molar-refractivity contribution is -0.285. The van der Waals surface area contributed by atoms with Gasteiger partial charge in [0.05, 0.1) is 17.7 Å². The second kappa shape index (κ2) is 8.11. The van der Waals surface area contributed by atoms with Gasteiger partial charge in [0.15, 0.2) is 41.5 Å². The molecule has 9 N–H and O–H groups in total. The van der Waals surface area contributed by atoms with Crippen molar-refractivity contribution in [1.29, 1.82) is 0 Å². The Balaban J connectivity index is 2.04. The van der Waals surface area contributed by atoms with Crippen molar-refractivity contribution in [2.24, 2.45) is 0 Å². The van der Waals surface area contributed by atoms with E-state index in [0.717, 1.165) is 0 Å². The average molecular weight is 482 g/mol. The summed E-state index contributed by atoms with van der Waals surface area (Å²) in [7, 11) is 0. The van der Waals surface area contributed by atoms with E-state index in [-0.39, 0.29) is 0 Å². The number of hydrogen-bond donors (Lipinski definition) is 9. The van der Waals surface area contributed by atoms with Crippen LogP contribution in [0.3, 0.4) is 0 Å². The van der Waals surface area contributed by atoms with E-state index in [0.29, 0.717) is 12.1 Å². The van der Waals surface area contributed by atoms with E-state index in [1.165, 1.54) is 0 Å². The lowest BCUT2D eigenvalue weighted by Crippen LogP contribution is -2.61. The minimum absolute atomic E-state index is 0.602. The third kappa shape index (κ3) is 3.36. The molecule has 34 heavy (non-hydrogen) atoms. The summed E-state index contributed by atoms with van der Waals surface area (Å²) >= 11 is 0. The molecule has 2 aliphatic rings.